The number of pyridine rings is 1. The first-order valence-electron chi connectivity index (χ1n) is 5.28. The number of carboxylic acids is 1. The van der Waals surface area contributed by atoms with Gasteiger partial charge < -0.3 is 5.11 Å². The molecule has 0 fully saturated rings. The van der Waals surface area contributed by atoms with Crippen molar-refractivity contribution in [3.8, 4) is 0 Å². The highest BCUT2D eigenvalue weighted by atomic mass is 19.1. The average molecular weight is 243 g/mol. The van der Waals surface area contributed by atoms with Crippen molar-refractivity contribution in [1.82, 2.24) is 4.98 Å². The number of rotatable bonds is 3. The first-order valence-corrected chi connectivity index (χ1v) is 5.28. The molecule has 0 aliphatic rings. The molecule has 90 valence electrons. The molecule has 4 heteroatoms. The fourth-order valence-electron chi connectivity index (χ4n) is 1.49. The predicted octanol–water partition coefficient (Wildman–Crippen LogP) is 3.09. The largest absolute Gasteiger partial charge is 0.478 e. The molecule has 0 aliphatic heterocycles. The van der Waals surface area contributed by atoms with E-state index in [1.165, 1.54) is 30.6 Å². The van der Waals surface area contributed by atoms with E-state index >= 15 is 0 Å². The molecule has 0 atom stereocenters. The molecule has 0 bridgehead atoms. The van der Waals surface area contributed by atoms with E-state index in [2.05, 4.69) is 4.98 Å². The topological polar surface area (TPSA) is 50.2 Å². The summed E-state index contributed by atoms with van der Waals surface area (Å²) in [5.74, 6) is -1.31. The number of carbonyl (C=O) groups is 1. The molecule has 1 heterocycles. The van der Waals surface area contributed by atoms with Crippen LogP contribution in [0.1, 0.15) is 21.5 Å². The van der Waals surface area contributed by atoms with E-state index in [1.54, 1.807) is 24.3 Å². The maximum Gasteiger partial charge on any atom is 0.336 e. The molecule has 18 heavy (non-hydrogen) atoms. The van der Waals surface area contributed by atoms with Crippen molar-refractivity contribution in [1.29, 1.82) is 0 Å². The highest BCUT2D eigenvalue weighted by Crippen LogP contribution is 2.12. The minimum absolute atomic E-state index is 0.184. The third-order valence-electron chi connectivity index (χ3n) is 2.41. The van der Waals surface area contributed by atoms with Gasteiger partial charge >= 0.3 is 5.97 Å². The first-order chi connectivity index (χ1) is 8.66. The summed E-state index contributed by atoms with van der Waals surface area (Å²) >= 11 is 0. The molecule has 1 aromatic carbocycles. The second-order valence-electron chi connectivity index (χ2n) is 3.65. The van der Waals surface area contributed by atoms with Crippen molar-refractivity contribution >= 4 is 18.1 Å². The van der Waals surface area contributed by atoms with E-state index in [0.29, 0.717) is 5.56 Å². The van der Waals surface area contributed by atoms with Crippen molar-refractivity contribution in [3.05, 3.63) is 65.2 Å². The van der Waals surface area contributed by atoms with Crippen LogP contribution in [0.4, 0.5) is 4.39 Å². The molecule has 2 aromatic rings. The number of aromatic nitrogens is 1. The lowest BCUT2D eigenvalue weighted by Crippen LogP contribution is -1.99. The number of aromatic carboxylic acids is 1. The van der Waals surface area contributed by atoms with Gasteiger partial charge in [0, 0.05) is 18.0 Å². The second kappa shape index (κ2) is 5.23. The van der Waals surface area contributed by atoms with Gasteiger partial charge in [-0.05, 0) is 23.8 Å². The molecule has 2 rings (SSSR count). The van der Waals surface area contributed by atoms with E-state index in [1.807, 2.05) is 0 Å². The maximum atomic E-state index is 12.7. The molecule has 0 saturated heterocycles. The summed E-state index contributed by atoms with van der Waals surface area (Å²) in [5, 5.41) is 8.99. The van der Waals surface area contributed by atoms with Crippen LogP contribution in [-0.2, 0) is 0 Å². The molecular formula is C14H10FNO2. The summed E-state index contributed by atoms with van der Waals surface area (Å²) < 4.78 is 12.7. The third-order valence-corrected chi connectivity index (χ3v) is 2.41. The van der Waals surface area contributed by atoms with Gasteiger partial charge in [-0.3, -0.25) is 4.98 Å². The van der Waals surface area contributed by atoms with Crippen LogP contribution in [0, 0.1) is 5.82 Å². The molecule has 3 nitrogen and oxygen atoms in total. The number of halogens is 1. The number of nitrogens with zero attached hydrogens (tertiary/aromatic N) is 1. The Morgan fingerprint density at radius 3 is 2.56 bits per heavy atom. The Morgan fingerprint density at radius 1 is 1.17 bits per heavy atom. The van der Waals surface area contributed by atoms with Gasteiger partial charge in [-0.15, -0.1) is 0 Å². The second-order valence-corrected chi connectivity index (χ2v) is 3.65. The Bertz CT molecular complexity index is 591. The Kier molecular flexibility index (Phi) is 3.48. The normalized spacial score (nSPS) is 10.7. The van der Waals surface area contributed by atoms with Crippen molar-refractivity contribution in [2.45, 2.75) is 0 Å². The van der Waals surface area contributed by atoms with Crippen molar-refractivity contribution in [2.75, 3.05) is 0 Å². The summed E-state index contributed by atoms with van der Waals surface area (Å²) in [4.78, 5) is 14.8. The van der Waals surface area contributed by atoms with E-state index in [-0.39, 0.29) is 11.4 Å². The lowest BCUT2D eigenvalue weighted by atomic mass is 10.1. The maximum absolute atomic E-state index is 12.7. The molecular weight excluding hydrogens is 233 g/mol. The zero-order chi connectivity index (χ0) is 13.0. The summed E-state index contributed by atoms with van der Waals surface area (Å²) in [5.41, 5.74) is 1.48. The van der Waals surface area contributed by atoms with Gasteiger partial charge in [0.05, 0.1) is 5.56 Å². The third kappa shape index (κ3) is 2.79. The molecule has 0 radical (unpaired) electrons. The van der Waals surface area contributed by atoms with Crippen LogP contribution in [0.3, 0.4) is 0 Å². The van der Waals surface area contributed by atoms with Gasteiger partial charge in [0.25, 0.3) is 0 Å². The number of hydrogen-bond acceptors (Lipinski definition) is 2. The van der Waals surface area contributed by atoms with Crippen LogP contribution in [-0.4, -0.2) is 16.1 Å². The first kappa shape index (κ1) is 12.0. The van der Waals surface area contributed by atoms with Crippen LogP contribution in [0.5, 0.6) is 0 Å². The summed E-state index contributed by atoms with van der Waals surface area (Å²) in [7, 11) is 0. The van der Waals surface area contributed by atoms with Crippen LogP contribution in [0.2, 0.25) is 0 Å². The van der Waals surface area contributed by atoms with E-state index in [9.17, 15) is 9.18 Å². The van der Waals surface area contributed by atoms with Gasteiger partial charge in [-0.2, -0.15) is 0 Å². The zero-order valence-electron chi connectivity index (χ0n) is 9.38. The minimum atomic E-state index is -1.00. The zero-order valence-corrected chi connectivity index (χ0v) is 9.38. The fraction of sp³-hybridized carbons (Fsp3) is 0. The smallest absolute Gasteiger partial charge is 0.336 e. The summed E-state index contributed by atoms with van der Waals surface area (Å²) in [6, 6.07) is 7.36. The fourth-order valence-corrected chi connectivity index (χ4v) is 1.49. The lowest BCUT2D eigenvalue weighted by Gasteiger charge is -1.99. The molecule has 0 unspecified atom stereocenters. The Morgan fingerprint density at radius 2 is 1.89 bits per heavy atom. The number of benzene rings is 1. The molecule has 0 spiro atoms. The van der Waals surface area contributed by atoms with Crippen molar-refractivity contribution in [3.63, 3.8) is 0 Å². The van der Waals surface area contributed by atoms with E-state index in [0.717, 1.165) is 5.56 Å². The van der Waals surface area contributed by atoms with Gasteiger partial charge in [-0.1, -0.05) is 24.3 Å². The quantitative estimate of drug-likeness (QED) is 0.901. The monoisotopic (exact) mass is 243 g/mol. The molecule has 0 aliphatic carbocycles. The van der Waals surface area contributed by atoms with Crippen LogP contribution in [0.15, 0.2) is 42.7 Å². The number of carboxylic acid groups (broad SMARTS) is 1. The van der Waals surface area contributed by atoms with Gasteiger partial charge in [-0.25, -0.2) is 9.18 Å². The van der Waals surface area contributed by atoms with E-state index in [4.69, 9.17) is 5.11 Å². The Hall–Kier alpha value is -2.49. The summed E-state index contributed by atoms with van der Waals surface area (Å²) in [6.07, 6.45) is 6.26. The van der Waals surface area contributed by atoms with Gasteiger partial charge in [0.15, 0.2) is 0 Å². The van der Waals surface area contributed by atoms with Crippen molar-refractivity contribution < 1.29 is 14.3 Å². The molecule has 1 N–H and O–H groups in total. The van der Waals surface area contributed by atoms with Crippen LogP contribution >= 0.6 is 0 Å². The van der Waals surface area contributed by atoms with Crippen molar-refractivity contribution in [2.24, 2.45) is 0 Å². The minimum Gasteiger partial charge on any atom is -0.478 e. The standard InChI is InChI=1S/C14H10FNO2/c15-12-5-2-10(3-6-12)1-4-11-9-16-8-7-13(11)14(17)18/h1-9H,(H,17,18)/b4-1+. The highest BCUT2D eigenvalue weighted by molar-refractivity contribution is 5.93. The number of hydrogen-bond donors (Lipinski definition) is 1. The molecule has 0 saturated carbocycles. The molecule has 0 amide bonds. The van der Waals surface area contributed by atoms with E-state index < -0.39 is 5.97 Å². The Labute approximate surface area is 103 Å². The van der Waals surface area contributed by atoms with Gasteiger partial charge in [0.1, 0.15) is 5.82 Å². The Balaban J connectivity index is 2.29. The van der Waals surface area contributed by atoms with Gasteiger partial charge in [0.2, 0.25) is 0 Å². The SMILES string of the molecule is O=C(O)c1ccncc1/C=C/c1ccc(F)cc1. The summed E-state index contributed by atoms with van der Waals surface area (Å²) in [6.45, 7) is 0. The average Bonchev–Trinajstić information content (AvgIpc) is 2.38. The lowest BCUT2D eigenvalue weighted by molar-refractivity contribution is 0.0696. The predicted molar refractivity (Wildman–Crippen MR) is 66.5 cm³/mol. The van der Waals surface area contributed by atoms with Crippen LogP contribution in [0.25, 0.3) is 12.2 Å². The van der Waals surface area contributed by atoms with Crippen LogP contribution < -0.4 is 0 Å². The highest BCUT2D eigenvalue weighted by Gasteiger charge is 2.06. The molecule has 1 aromatic heterocycles.